The molecule has 0 heterocycles. The van der Waals surface area contributed by atoms with E-state index in [1.807, 2.05) is 0 Å². The SMILES string of the molecule is COc1ccc(/C=N\NC(=O)Nc2ccc(Cl)cc2)c(Br)c1O. The Morgan fingerprint density at radius 1 is 1.30 bits per heavy atom. The van der Waals surface area contributed by atoms with E-state index in [-0.39, 0.29) is 5.75 Å². The summed E-state index contributed by atoms with van der Waals surface area (Å²) in [4.78, 5) is 11.7. The maximum Gasteiger partial charge on any atom is 0.339 e. The molecule has 0 atom stereocenters. The fourth-order valence-electron chi connectivity index (χ4n) is 1.68. The summed E-state index contributed by atoms with van der Waals surface area (Å²) in [6.45, 7) is 0. The quantitative estimate of drug-likeness (QED) is 0.538. The average molecular weight is 399 g/mol. The van der Waals surface area contributed by atoms with Gasteiger partial charge in [0.25, 0.3) is 0 Å². The van der Waals surface area contributed by atoms with Gasteiger partial charge in [0.2, 0.25) is 0 Å². The molecule has 0 spiro atoms. The minimum atomic E-state index is -0.502. The highest BCUT2D eigenvalue weighted by Gasteiger charge is 2.09. The number of carbonyl (C=O) groups excluding carboxylic acids is 1. The predicted octanol–water partition coefficient (Wildman–Crippen LogP) is 3.97. The Morgan fingerprint density at radius 3 is 2.65 bits per heavy atom. The van der Waals surface area contributed by atoms with E-state index in [1.54, 1.807) is 36.4 Å². The summed E-state index contributed by atoms with van der Waals surface area (Å²) in [6.07, 6.45) is 1.39. The molecule has 0 bridgehead atoms. The normalized spacial score (nSPS) is 10.6. The summed E-state index contributed by atoms with van der Waals surface area (Å²) in [7, 11) is 1.46. The van der Waals surface area contributed by atoms with Crippen LogP contribution in [0.4, 0.5) is 10.5 Å². The second kappa shape index (κ2) is 7.85. The molecule has 0 radical (unpaired) electrons. The third-order valence-corrected chi connectivity index (χ3v) is 3.89. The minimum Gasteiger partial charge on any atom is -0.503 e. The van der Waals surface area contributed by atoms with Gasteiger partial charge in [0, 0.05) is 16.3 Å². The molecule has 23 heavy (non-hydrogen) atoms. The number of phenolic OH excluding ortho intramolecular Hbond substituents is 1. The lowest BCUT2D eigenvalue weighted by molar-refractivity contribution is 0.252. The van der Waals surface area contributed by atoms with Crippen LogP contribution in [0.3, 0.4) is 0 Å². The zero-order valence-electron chi connectivity index (χ0n) is 12.0. The summed E-state index contributed by atoms with van der Waals surface area (Å²) in [5.41, 5.74) is 3.49. The number of nitrogens with zero attached hydrogens (tertiary/aromatic N) is 1. The van der Waals surface area contributed by atoms with Gasteiger partial charge in [-0.1, -0.05) is 11.6 Å². The van der Waals surface area contributed by atoms with E-state index in [0.29, 0.717) is 26.5 Å². The van der Waals surface area contributed by atoms with Crippen molar-refractivity contribution in [1.29, 1.82) is 0 Å². The van der Waals surface area contributed by atoms with Crippen LogP contribution >= 0.6 is 27.5 Å². The van der Waals surface area contributed by atoms with Crippen molar-refractivity contribution in [2.75, 3.05) is 12.4 Å². The molecule has 120 valence electrons. The number of carbonyl (C=O) groups is 1. The van der Waals surface area contributed by atoms with Gasteiger partial charge in [-0.05, 0) is 52.3 Å². The molecule has 2 aromatic rings. The molecule has 2 aromatic carbocycles. The van der Waals surface area contributed by atoms with E-state index < -0.39 is 6.03 Å². The molecule has 2 amide bonds. The van der Waals surface area contributed by atoms with Crippen molar-refractivity contribution < 1.29 is 14.6 Å². The van der Waals surface area contributed by atoms with E-state index in [0.717, 1.165) is 0 Å². The number of hydrogen-bond donors (Lipinski definition) is 3. The number of hydrogen-bond acceptors (Lipinski definition) is 4. The van der Waals surface area contributed by atoms with Crippen LogP contribution in [0.15, 0.2) is 46.0 Å². The Balaban J connectivity index is 1.97. The van der Waals surface area contributed by atoms with Crippen LogP contribution in [-0.4, -0.2) is 24.5 Å². The van der Waals surface area contributed by atoms with Crippen LogP contribution in [-0.2, 0) is 0 Å². The first-order valence-corrected chi connectivity index (χ1v) is 7.59. The largest absolute Gasteiger partial charge is 0.503 e. The third-order valence-electron chi connectivity index (χ3n) is 2.80. The van der Waals surface area contributed by atoms with Crippen LogP contribution in [0.1, 0.15) is 5.56 Å². The number of rotatable bonds is 4. The Morgan fingerprint density at radius 2 is 2.00 bits per heavy atom. The number of hydrazone groups is 1. The Labute approximate surface area is 146 Å². The van der Waals surface area contributed by atoms with Crippen LogP contribution in [0, 0.1) is 0 Å². The second-order valence-electron chi connectivity index (χ2n) is 4.35. The molecular weight excluding hydrogens is 386 g/mol. The van der Waals surface area contributed by atoms with Crippen LogP contribution in [0.25, 0.3) is 0 Å². The predicted molar refractivity (Wildman–Crippen MR) is 93.6 cm³/mol. The van der Waals surface area contributed by atoms with Gasteiger partial charge in [0.15, 0.2) is 11.5 Å². The molecule has 0 saturated heterocycles. The molecule has 2 rings (SSSR count). The average Bonchev–Trinajstić information content (AvgIpc) is 2.54. The fourth-order valence-corrected chi connectivity index (χ4v) is 2.24. The molecule has 0 unspecified atom stereocenters. The summed E-state index contributed by atoms with van der Waals surface area (Å²) >= 11 is 9.00. The maximum absolute atomic E-state index is 11.7. The lowest BCUT2D eigenvalue weighted by Gasteiger charge is -2.07. The first-order valence-electron chi connectivity index (χ1n) is 6.42. The zero-order valence-corrected chi connectivity index (χ0v) is 14.4. The van der Waals surface area contributed by atoms with E-state index in [1.165, 1.54) is 13.3 Å². The molecule has 8 heteroatoms. The standard InChI is InChI=1S/C15H13BrClN3O3/c1-23-12-7-2-9(13(16)14(12)21)8-18-20-15(22)19-11-5-3-10(17)4-6-11/h2-8,21H,1H3,(H2,19,20,22)/b18-8-. The molecular formula is C15H13BrClN3O3. The lowest BCUT2D eigenvalue weighted by atomic mass is 10.2. The molecule has 0 aromatic heterocycles. The molecule has 0 saturated carbocycles. The van der Waals surface area contributed by atoms with E-state index in [2.05, 4.69) is 31.8 Å². The van der Waals surface area contributed by atoms with Crippen LogP contribution in [0.2, 0.25) is 5.02 Å². The number of phenols is 1. The third kappa shape index (κ3) is 4.61. The number of halogens is 2. The van der Waals surface area contributed by atoms with Gasteiger partial charge in [-0.3, -0.25) is 0 Å². The number of aromatic hydroxyl groups is 1. The number of anilines is 1. The van der Waals surface area contributed by atoms with Gasteiger partial charge < -0.3 is 15.2 Å². The van der Waals surface area contributed by atoms with Crippen molar-refractivity contribution >= 4 is 45.5 Å². The Bertz CT molecular complexity index is 735. The van der Waals surface area contributed by atoms with Crippen molar-refractivity contribution in [1.82, 2.24) is 5.43 Å². The number of amides is 2. The fraction of sp³-hybridized carbons (Fsp3) is 0.0667. The monoisotopic (exact) mass is 397 g/mol. The lowest BCUT2D eigenvalue weighted by Crippen LogP contribution is -2.24. The Kier molecular flexibility index (Phi) is 5.84. The molecule has 0 aliphatic carbocycles. The first kappa shape index (κ1) is 17.1. The zero-order chi connectivity index (χ0) is 16.8. The number of nitrogens with one attached hydrogen (secondary N) is 2. The van der Waals surface area contributed by atoms with Crippen molar-refractivity contribution in [2.45, 2.75) is 0 Å². The number of benzene rings is 2. The summed E-state index contributed by atoms with van der Waals surface area (Å²) in [5, 5.41) is 16.9. The van der Waals surface area contributed by atoms with Crippen molar-refractivity contribution in [2.24, 2.45) is 5.10 Å². The first-order chi connectivity index (χ1) is 11.0. The van der Waals surface area contributed by atoms with Crippen molar-refractivity contribution in [3.63, 3.8) is 0 Å². The highest BCUT2D eigenvalue weighted by Crippen LogP contribution is 2.35. The van der Waals surface area contributed by atoms with Gasteiger partial charge in [-0.2, -0.15) is 5.10 Å². The highest BCUT2D eigenvalue weighted by atomic mass is 79.9. The minimum absolute atomic E-state index is 0.0398. The van der Waals surface area contributed by atoms with Crippen molar-refractivity contribution in [3.8, 4) is 11.5 Å². The van der Waals surface area contributed by atoms with E-state index in [4.69, 9.17) is 16.3 Å². The molecule has 3 N–H and O–H groups in total. The summed E-state index contributed by atoms with van der Waals surface area (Å²) in [6, 6.07) is 9.44. The Hall–Kier alpha value is -2.25. The van der Waals surface area contributed by atoms with Gasteiger partial charge in [-0.25, -0.2) is 10.2 Å². The van der Waals surface area contributed by atoms with Crippen LogP contribution < -0.4 is 15.5 Å². The molecule has 6 nitrogen and oxygen atoms in total. The smallest absolute Gasteiger partial charge is 0.339 e. The topological polar surface area (TPSA) is 83.0 Å². The van der Waals surface area contributed by atoms with E-state index in [9.17, 15) is 9.90 Å². The number of urea groups is 1. The summed E-state index contributed by atoms with van der Waals surface area (Å²) in [5.74, 6) is 0.296. The van der Waals surface area contributed by atoms with Gasteiger partial charge in [0.05, 0.1) is 17.8 Å². The highest BCUT2D eigenvalue weighted by molar-refractivity contribution is 9.10. The number of ether oxygens (including phenoxy) is 1. The van der Waals surface area contributed by atoms with Gasteiger partial charge >= 0.3 is 6.03 Å². The molecule has 0 fully saturated rings. The van der Waals surface area contributed by atoms with E-state index >= 15 is 0 Å². The van der Waals surface area contributed by atoms with Crippen molar-refractivity contribution in [3.05, 3.63) is 51.5 Å². The van der Waals surface area contributed by atoms with Gasteiger partial charge in [-0.15, -0.1) is 0 Å². The molecule has 0 aliphatic heterocycles. The second-order valence-corrected chi connectivity index (χ2v) is 5.58. The molecule has 0 aliphatic rings. The van der Waals surface area contributed by atoms with Crippen LogP contribution in [0.5, 0.6) is 11.5 Å². The maximum atomic E-state index is 11.7. The summed E-state index contributed by atoms with van der Waals surface area (Å²) < 4.78 is 5.40. The van der Waals surface area contributed by atoms with Gasteiger partial charge in [0.1, 0.15) is 0 Å². The number of methoxy groups -OCH3 is 1.